The van der Waals surface area contributed by atoms with Gasteiger partial charge >= 0.3 is 0 Å². The first-order valence-corrected chi connectivity index (χ1v) is 7.31. The second-order valence-corrected chi connectivity index (χ2v) is 5.03. The Balaban J connectivity index is 0.00000264. The summed E-state index contributed by atoms with van der Waals surface area (Å²) >= 11 is 0. The van der Waals surface area contributed by atoms with E-state index in [1.165, 1.54) is 0 Å². The van der Waals surface area contributed by atoms with Gasteiger partial charge in [0.2, 0.25) is 5.91 Å². The van der Waals surface area contributed by atoms with Gasteiger partial charge in [0.25, 0.3) is 0 Å². The highest BCUT2D eigenvalue weighted by molar-refractivity contribution is 5.85. The third-order valence-electron chi connectivity index (χ3n) is 3.40. The number of methoxy groups -OCH3 is 1. The number of nitrogens with two attached hydrogens (primary N) is 1. The molecule has 0 aliphatic heterocycles. The molecule has 0 spiro atoms. The molecule has 6 nitrogen and oxygen atoms in total. The van der Waals surface area contributed by atoms with E-state index in [0.29, 0.717) is 13.1 Å². The molecular formula is C16H23ClN4O2. The summed E-state index contributed by atoms with van der Waals surface area (Å²) in [5.41, 5.74) is 7.59. The van der Waals surface area contributed by atoms with Crippen LogP contribution in [0.15, 0.2) is 42.7 Å². The fraction of sp³-hybridized carbons (Fsp3) is 0.375. The highest BCUT2D eigenvalue weighted by atomic mass is 35.5. The van der Waals surface area contributed by atoms with Crippen molar-refractivity contribution in [3.63, 3.8) is 0 Å². The number of carbonyl (C=O) groups excluding carboxylic acids is 1. The monoisotopic (exact) mass is 338 g/mol. The molecule has 0 fully saturated rings. The molecule has 0 saturated carbocycles. The van der Waals surface area contributed by atoms with Crippen LogP contribution in [0.25, 0.3) is 5.69 Å². The summed E-state index contributed by atoms with van der Waals surface area (Å²) < 4.78 is 6.91. The second kappa shape index (κ2) is 9.99. The Hall–Kier alpha value is -1.89. The molecule has 2 rings (SSSR count). The number of nitrogens with one attached hydrogen (secondary N) is 1. The Morgan fingerprint density at radius 2 is 2.13 bits per heavy atom. The molecule has 23 heavy (non-hydrogen) atoms. The van der Waals surface area contributed by atoms with Gasteiger partial charge in [-0.3, -0.25) is 4.79 Å². The molecule has 2 aromatic rings. The van der Waals surface area contributed by atoms with E-state index < -0.39 is 0 Å². The van der Waals surface area contributed by atoms with Crippen molar-refractivity contribution in [3.8, 4) is 5.69 Å². The van der Waals surface area contributed by atoms with Crippen LogP contribution in [0.2, 0.25) is 0 Å². The van der Waals surface area contributed by atoms with Crippen LogP contribution in [-0.2, 0) is 16.0 Å². The molecular weight excluding hydrogens is 316 g/mol. The minimum atomic E-state index is -0.221. The molecule has 1 amide bonds. The van der Waals surface area contributed by atoms with E-state index in [0.717, 1.165) is 17.7 Å². The smallest absolute Gasteiger partial charge is 0.222 e. The molecule has 3 N–H and O–H groups in total. The third-order valence-corrected chi connectivity index (χ3v) is 3.40. The molecule has 0 bridgehead atoms. The van der Waals surface area contributed by atoms with Gasteiger partial charge in [0.15, 0.2) is 0 Å². The summed E-state index contributed by atoms with van der Waals surface area (Å²) in [6, 6.07) is 9.91. The molecule has 1 aromatic carbocycles. The molecule has 1 aromatic heterocycles. The average molecular weight is 339 g/mol. The Morgan fingerprint density at radius 1 is 1.39 bits per heavy atom. The number of hydrogen-bond donors (Lipinski definition) is 2. The second-order valence-electron chi connectivity index (χ2n) is 5.03. The fourth-order valence-electron chi connectivity index (χ4n) is 2.10. The number of aromatic nitrogens is 2. The van der Waals surface area contributed by atoms with Crippen molar-refractivity contribution < 1.29 is 9.53 Å². The van der Waals surface area contributed by atoms with E-state index in [9.17, 15) is 4.79 Å². The highest BCUT2D eigenvalue weighted by Crippen LogP contribution is 2.07. The fourth-order valence-corrected chi connectivity index (χ4v) is 2.10. The molecule has 1 heterocycles. The summed E-state index contributed by atoms with van der Waals surface area (Å²) in [5, 5.41) is 7.19. The lowest BCUT2D eigenvalue weighted by atomic mass is 10.2. The number of nitrogens with zero attached hydrogens (tertiary/aromatic N) is 2. The van der Waals surface area contributed by atoms with Gasteiger partial charge in [0, 0.05) is 26.4 Å². The predicted molar refractivity (Wildman–Crippen MR) is 92.0 cm³/mol. The van der Waals surface area contributed by atoms with Crippen molar-refractivity contribution in [1.29, 1.82) is 0 Å². The largest absolute Gasteiger partial charge is 0.380 e. The Kier molecular flexibility index (Phi) is 8.32. The van der Waals surface area contributed by atoms with Crippen LogP contribution >= 0.6 is 12.4 Å². The molecule has 126 valence electrons. The molecule has 0 radical (unpaired) electrons. The minimum Gasteiger partial charge on any atom is -0.380 e. The van der Waals surface area contributed by atoms with E-state index in [2.05, 4.69) is 10.4 Å². The van der Waals surface area contributed by atoms with Crippen LogP contribution in [0.3, 0.4) is 0 Å². The maximum Gasteiger partial charge on any atom is 0.222 e. The lowest BCUT2D eigenvalue weighted by Crippen LogP contribution is -2.33. The molecule has 1 atom stereocenters. The van der Waals surface area contributed by atoms with E-state index in [4.69, 9.17) is 10.5 Å². The van der Waals surface area contributed by atoms with Crippen LogP contribution in [0.5, 0.6) is 0 Å². The topological polar surface area (TPSA) is 82.2 Å². The number of benzene rings is 1. The number of amides is 1. The quantitative estimate of drug-likeness (QED) is 0.760. The van der Waals surface area contributed by atoms with Crippen molar-refractivity contribution in [1.82, 2.24) is 15.1 Å². The Morgan fingerprint density at radius 3 is 2.78 bits per heavy atom. The molecule has 0 saturated heterocycles. The maximum atomic E-state index is 11.7. The van der Waals surface area contributed by atoms with Gasteiger partial charge in [-0.15, -0.1) is 12.4 Å². The van der Waals surface area contributed by atoms with Crippen LogP contribution in [0, 0.1) is 0 Å². The van der Waals surface area contributed by atoms with E-state index in [-0.39, 0.29) is 30.8 Å². The summed E-state index contributed by atoms with van der Waals surface area (Å²) in [4.78, 5) is 11.7. The zero-order chi connectivity index (χ0) is 15.8. The van der Waals surface area contributed by atoms with E-state index in [1.54, 1.807) is 7.11 Å². The van der Waals surface area contributed by atoms with Gasteiger partial charge in [-0.25, -0.2) is 4.68 Å². The first kappa shape index (κ1) is 19.2. The molecule has 0 aliphatic rings. The number of halogens is 1. The lowest BCUT2D eigenvalue weighted by molar-refractivity contribution is -0.123. The highest BCUT2D eigenvalue weighted by Gasteiger charge is 2.10. The Labute approximate surface area is 142 Å². The summed E-state index contributed by atoms with van der Waals surface area (Å²) in [6.45, 7) is 0.911. The number of rotatable bonds is 8. The van der Waals surface area contributed by atoms with Crippen LogP contribution in [0.4, 0.5) is 0 Å². The van der Waals surface area contributed by atoms with Gasteiger partial charge in [-0.1, -0.05) is 18.2 Å². The van der Waals surface area contributed by atoms with Gasteiger partial charge in [-0.2, -0.15) is 5.10 Å². The zero-order valence-corrected chi connectivity index (χ0v) is 14.0. The maximum absolute atomic E-state index is 11.7. The molecule has 1 unspecified atom stereocenters. The molecule has 7 heteroatoms. The van der Waals surface area contributed by atoms with Crippen LogP contribution in [0.1, 0.15) is 12.0 Å². The average Bonchev–Trinajstić information content (AvgIpc) is 3.02. The van der Waals surface area contributed by atoms with Crippen LogP contribution in [-0.4, -0.2) is 42.0 Å². The number of para-hydroxylation sites is 1. The summed E-state index contributed by atoms with van der Waals surface area (Å²) in [5.74, 6) is -0.0484. The number of carbonyl (C=O) groups is 1. The lowest BCUT2D eigenvalue weighted by Gasteiger charge is -2.12. The van der Waals surface area contributed by atoms with Crippen molar-refractivity contribution in [2.45, 2.75) is 18.9 Å². The standard InChI is InChI=1S/C16H22N4O2.ClH/c1-22-15(10-17)9-16(21)18-8-7-13-11-19-20(12-13)14-5-3-2-4-6-14;/h2-6,11-12,15H,7-10,17H2,1H3,(H,18,21);1H. The predicted octanol–water partition coefficient (Wildman–Crippen LogP) is 1.32. The summed E-state index contributed by atoms with van der Waals surface area (Å²) in [7, 11) is 1.56. The van der Waals surface area contributed by atoms with Crippen molar-refractivity contribution in [2.75, 3.05) is 20.2 Å². The van der Waals surface area contributed by atoms with Gasteiger partial charge < -0.3 is 15.8 Å². The minimum absolute atomic E-state index is 0. The van der Waals surface area contributed by atoms with E-state index in [1.807, 2.05) is 47.4 Å². The first-order valence-electron chi connectivity index (χ1n) is 7.31. The normalized spacial score (nSPS) is 11.6. The van der Waals surface area contributed by atoms with E-state index >= 15 is 0 Å². The summed E-state index contributed by atoms with van der Waals surface area (Å²) in [6.07, 6.45) is 4.59. The van der Waals surface area contributed by atoms with Gasteiger partial charge in [-0.05, 0) is 24.1 Å². The third kappa shape index (κ3) is 6.02. The number of ether oxygens (including phenoxy) is 1. The zero-order valence-electron chi connectivity index (χ0n) is 13.1. The van der Waals surface area contributed by atoms with Crippen molar-refractivity contribution in [3.05, 3.63) is 48.3 Å². The van der Waals surface area contributed by atoms with Crippen LogP contribution < -0.4 is 11.1 Å². The van der Waals surface area contributed by atoms with Gasteiger partial charge in [0.05, 0.1) is 24.4 Å². The number of hydrogen-bond acceptors (Lipinski definition) is 4. The van der Waals surface area contributed by atoms with Crippen molar-refractivity contribution in [2.24, 2.45) is 5.73 Å². The van der Waals surface area contributed by atoms with Crippen molar-refractivity contribution >= 4 is 18.3 Å². The Bertz CT molecular complexity index is 585. The molecule has 0 aliphatic carbocycles. The first-order chi connectivity index (χ1) is 10.7. The SMILES string of the molecule is COC(CN)CC(=O)NCCc1cnn(-c2ccccc2)c1.Cl. The van der Waals surface area contributed by atoms with Gasteiger partial charge in [0.1, 0.15) is 0 Å².